The van der Waals surface area contributed by atoms with Gasteiger partial charge in [-0.15, -0.1) is 0 Å². The van der Waals surface area contributed by atoms with E-state index in [9.17, 15) is 9.59 Å². The number of amides is 2. The van der Waals surface area contributed by atoms with Gasteiger partial charge in [-0.3, -0.25) is 4.79 Å². The van der Waals surface area contributed by atoms with Gasteiger partial charge in [0.25, 0.3) is 0 Å². The lowest BCUT2D eigenvalue weighted by atomic mass is 9.93. The number of carboxylic acids is 1. The van der Waals surface area contributed by atoms with Crippen LogP contribution in [0.4, 0.5) is 4.79 Å². The fourth-order valence-corrected chi connectivity index (χ4v) is 2.63. The second kappa shape index (κ2) is 6.61. The Labute approximate surface area is 109 Å². The minimum absolute atomic E-state index is 0.108. The van der Waals surface area contributed by atoms with Gasteiger partial charge in [-0.05, 0) is 26.7 Å². The van der Waals surface area contributed by atoms with Crippen LogP contribution in [0.2, 0.25) is 0 Å². The first-order valence-corrected chi connectivity index (χ1v) is 6.68. The molecule has 1 aliphatic carbocycles. The zero-order valence-corrected chi connectivity index (χ0v) is 11.6. The van der Waals surface area contributed by atoms with Crippen LogP contribution in [0.5, 0.6) is 0 Å². The number of rotatable bonds is 4. The van der Waals surface area contributed by atoms with Crippen LogP contribution < -0.4 is 0 Å². The van der Waals surface area contributed by atoms with Gasteiger partial charge in [-0.25, -0.2) is 4.79 Å². The molecule has 2 amide bonds. The van der Waals surface area contributed by atoms with E-state index in [2.05, 4.69) is 0 Å². The van der Waals surface area contributed by atoms with Crippen molar-refractivity contribution < 1.29 is 14.7 Å². The Bertz CT molecular complexity index is 299. The van der Waals surface area contributed by atoms with E-state index in [1.54, 1.807) is 7.05 Å². The molecule has 1 rings (SSSR count). The number of aliphatic carboxylic acids is 1. The molecule has 5 nitrogen and oxygen atoms in total. The van der Waals surface area contributed by atoms with E-state index in [4.69, 9.17) is 5.11 Å². The highest BCUT2D eigenvalue weighted by Gasteiger charge is 2.29. The Hall–Kier alpha value is -1.26. The van der Waals surface area contributed by atoms with E-state index in [1.165, 1.54) is 11.3 Å². The fraction of sp³-hybridized carbons (Fsp3) is 0.846. The highest BCUT2D eigenvalue weighted by molar-refractivity contribution is 5.80. The monoisotopic (exact) mass is 256 g/mol. The van der Waals surface area contributed by atoms with Crippen molar-refractivity contribution in [2.45, 2.75) is 58.0 Å². The molecule has 18 heavy (non-hydrogen) atoms. The van der Waals surface area contributed by atoms with Gasteiger partial charge >= 0.3 is 12.0 Å². The van der Waals surface area contributed by atoms with Gasteiger partial charge in [0.05, 0.1) is 0 Å². The highest BCUT2D eigenvalue weighted by atomic mass is 16.4. The van der Waals surface area contributed by atoms with E-state index >= 15 is 0 Å². The molecule has 0 aromatic rings. The second-order valence-electron chi connectivity index (χ2n) is 5.33. The summed E-state index contributed by atoms with van der Waals surface area (Å²) in [5.41, 5.74) is 0. The smallest absolute Gasteiger partial charge is 0.323 e. The van der Waals surface area contributed by atoms with Gasteiger partial charge < -0.3 is 14.9 Å². The standard InChI is InChI=1S/C13H24N2O3/c1-10(2)15(11-7-5-4-6-8-11)13(18)14(3)9-12(16)17/h10-11H,4-9H2,1-3H3,(H,16,17). The summed E-state index contributed by atoms with van der Waals surface area (Å²) in [6.45, 7) is 3.73. The third kappa shape index (κ3) is 3.89. The lowest BCUT2D eigenvalue weighted by Gasteiger charge is -2.39. The SMILES string of the molecule is CC(C)N(C(=O)N(C)CC(=O)O)C1CCCCC1. The summed E-state index contributed by atoms with van der Waals surface area (Å²) in [7, 11) is 1.55. The first kappa shape index (κ1) is 14.8. The third-order valence-electron chi connectivity index (χ3n) is 3.44. The number of hydrogen-bond acceptors (Lipinski definition) is 2. The van der Waals surface area contributed by atoms with Crippen LogP contribution in [-0.4, -0.2) is 52.6 Å². The molecule has 0 aromatic carbocycles. The molecule has 0 spiro atoms. The van der Waals surface area contributed by atoms with Gasteiger partial charge in [-0.1, -0.05) is 19.3 Å². The van der Waals surface area contributed by atoms with Crippen LogP contribution in [0.25, 0.3) is 0 Å². The molecule has 0 saturated heterocycles. The molecule has 5 heteroatoms. The molecule has 0 aromatic heterocycles. The lowest BCUT2D eigenvalue weighted by Crippen LogP contribution is -2.51. The molecule has 104 valence electrons. The van der Waals surface area contributed by atoms with Crippen LogP contribution >= 0.6 is 0 Å². The van der Waals surface area contributed by atoms with Crippen molar-refractivity contribution in [3.05, 3.63) is 0 Å². The summed E-state index contributed by atoms with van der Waals surface area (Å²) in [4.78, 5) is 26.1. The quantitative estimate of drug-likeness (QED) is 0.838. The Morgan fingerprint density at radius 1 is 1.22 bits per heavy atom. The van der Waals surface area contributed by atoms with Crippen LogP contribution in [0.15, 0.2) is 0 Å². The average molecular weight is 256 g/mol. The van der Waals surface area contributed by atoms with Crippen LogP contribution in [-0.2, 0) is 4.79 Å². The van der Waals surface area contributed by atoms with Gasteiger partial charge in [0.1, 0.15) is 6.54 Å². The number of nitrogens with zero attached hydrogens (tertiary/aromatic N) is 2. The number of carbonyl (C=O) groups is 2. The first-order valence-electron chi connectivity index (χ1n) is 6.68. The molecule has 1 aliphatic rings. The van der Waals surface area contributed by atoms with E-state index < -0.39 is 5.97 Å². The summed E-state index contributed by atoms with van der Waals surface area (Å²) in [5, 5.41) is 8.75. The zero-order chi connectivity index (χ0) is 13.7. The van der Waals surface area contributed by atoms with Gasteiger partial charge in [0.2, 0.25) is 0 Å². The molecule has 0 unspecified atom stereocenters. The number of carbonyl (C=O) groups excluding carboxylic acids is 1. The zero-order valence-electron chi connectivity index (χ0n) is 11.6. The van der Waals surface area contributed by atoms with E-state index in [-0.39, 0.29) is 24.7 Å². The molecule has 1 fully saturated rings. The fourth-order valence-electron chi connectivity index (χ4n) is 2.63. The second-order valence-corrected chi connectivity index (χ2v) is 5.33. The van der Waals surface area contributed by atoms with Gasteiger partial charge in [0, 0.05) is 19.1 Å². The minimum Gasteiger partial charge on any atom is -0.480 e. The number of carboxylic acid groups (broad SMARTS) is 1. The number of hydrogen-bond donors (Lipinski definition) is 1. The van der Waals surface area contributed by atoms with Crippen molar-refractivity contribution in [1.82, 2.24) is 9.80 Å². The van der Waals surface area contributed by atoms with Crippen LogP contribution in [0.1, 0.15) is 46.0 Å². The number of likely N-dealkylation sites (N-methyl/N-ethyl adjacent to an activating group) is 1. The highest BCUT2D eigenvalue weighted by Crippen LogP contribution is 2.25. The largest absolute Gasteiger partial charge is 0.480 e. The summed E-state index contributed by atoms with van der Waals surface area (Å²) in [6.07, 6.45) is 5.62. The molecule has 0 atom stereocenters. The Morgan fingerprint density at radius 2 is 1.78 bits per heavy atom. The normalized spacial score (nSPS) is 16.7. The molecule has 0 bridgehead atoms. The van der Waals surface area contributed by atoms with Crippen molar-refractivity contribution >= 4 is 12.0 Å². The third-order valence-corrected chi connectivity index (χ3v) is 3.44. The Kier molecular flexibility index (Phi) is 5.44. The lowest BCUT2D eigenvalue weighted by molar-refractivity contribution is -0.137. The maximum absolute atomic E-state index is 12.3. The first-order chi connectivity index (χ1) is 8.43. The van der Waals surface area contributed by atoms with E-state index in [1.807, 2.05) is 18.7 Å². The topological polar surface area (TPSA) is 60.9 Å². The van der Waals surface area contributed by atoms with Crippen molar-refractivity contribution in [3.63, 3.8) is 0 Å². The minimum atomic E-state index is -0.974. The van der Waals surface area contributed by atoms with E-state index in [0.29, 0.717) is 0 Å². The molecule has 1 saturated carbocycles. The Balaban J connectivity index is 2.70. The maximum Gasteiger partial charge on any atom is 0.323 e. The average Bonchev–Trinajstić information content (AvgIpc) is 2.29. The number of urea groups is 1. The van der Waals surface area contributed by atoms with Crippen molar-refractivity contribution in [2.24, 2.45) is 0 Å². The van der Waals surface area contributed by atoms with Gasteiger partial charge in [0.15, 0.2) is 0 Å². The van der Waals surface area contributed by atoms with E-state index in [0.717, 1.165) is 25.7 Å². The predicted molar refractivity (Wildman–Crippen MR) is 69.5 cm³/mol. The molecule has 0 radical (unpaired) electrons. The summed E-state index contributed by atoms with van der Waals surface area (Å²) >= 11 is 0. The van der Waals surface area contributed by atoms with Crippen molar-refractivity contribution in [2.75, 3.05) is 13.6 Å². The van der Waals surface area contributed by atoms with Crippen LogP contribution in [0.3, 0.4) is 0 Å². The maximum atomic E-state index is 12.3. The Morgan fingerprint density at radius 3 is 2.22 bits per heavy atom. The molecule has 0 heterocycles. The molecular formula is C13H24N2O3. The summed E-state index contributed by atoms with van der Waals surface area (Å²) in [5.74, 6) is -0.974. The molecule has 0 aliphatic heterocycles. The molecular weight excluding hydrogens is 232 g/mol. The van der Waals surface area contributed by atoms with Gasteiger partial charge in [-0.2, -0.15) is 0 Å². The van der Waals surface area contributed by atoms with Crippen LogP contribution in [0, 0.1) is 0 Å². The summed E-state index contributed by atoms with van der Waals surface area (Å²) in [6, 6.07) is 0.207. The van der Waals surface area contributed by atoms with Crippen molar-refractivity contribution in [1.29, 1.82) is 0 Å². The van der Waals surface area contributed by atoms with Crippen molar-refractivity contribution in [3.8, 4) is 0 Å². The summed E-state index contributed by atoms with van der Waals surface area (Å²) < 4.78 is 0. The predicted octanol–water partition coefficient (Wildman–Crippen LogP) is 2.17. The molecule has 1 N–H and O–H groups in total.